The Labute approximate surface area is 127 Å². The first kappa shape index (κ1) is 14.4. The lowest BCUT2D eigenvalue weighted by Crippen LogP contribution is -2.28. The van der Waals surface area contributed by atoms with Crippen LogP contribution in [0.15, 0.2) is 16.6 Å². The Hall–Kier alpha value is -0.0200. The molecule has 1 unspecified atom stereocenters. The van der Waals surface area contributed by atoms with Crippen molar-refractivity contribution in [3.05, 3.63) is 27.7 Å². The molecule has 0 bridgehead atoms. The minimum atomic E-state index is 0.264. The van der Waals surface area contributed by atoms with E-state index in [0.29, 0.717) is 5.92 Å². The van der Waals surface area contributed by atoms with E-state index in [1.54, 1.807) is 0 Å². The number of fused-ring (bicyclic) bond motifs is 1. The van der Waals surface area contributed by atoms with E-state index in [2.05, 4.69) is 64.8 Å². The van der Waals surface area contributed by atoms with Gasteiger partial charge in [0.15, 0.2) is 0 Å². The average Bonchev–Trinajstić information content (AvgIpc) is 2.76. The summed E-state index contributed by atoms with van der Waals surface area (Å²) in [6.45, 7) is 7.75. The van der Waals surface area contributed by atoms with Crippen molar-refractivity contribution in [2.24, 2.45) is 11.3 Å². The number of hydrogen-bond acceptors (Lipinski definition) is 1. The summed E-state index contributed by atoms with van der Waals surface area (Å²) >= 11 is 7.29. The predicted octanol–water partition coefficient (Wildman–Crippen LogP) is 4.98. The third kappa shape index (κ3) is 2.77. The number of rotatable bonds is 4. The van der Waals surface area contributed by atoms with Crippen LogP contribution in [-0.4, -0.2) is 11.9 Å². The summed E-state index contributed by atoms with van der Waals surface area (Å²) in [6.07, 6.45) is 2.09. The maximum Gasteiger partial charge on any atom is 0.125 e. The molecule has 1 aromatic rings. The molecule has 0 radical (unpaired) electrons. The molecule has 0 saturated heterocycles. The standard InChI is InChI=1S/C15H20Br2O/c1-10(2)15(3,9-16)8-12-7-13(17)6-11-4-5-18-14(11)12/h6-7,10H,4-5,8-9H2,1-3H3. The van der Waals surface area contributed by atoms with E-state index in [4.69, 9.17) is 4.74 Å². The monoisotopic (exact) mass is 374 g/mol. The molecule has 0 fully saturated rings. The van der Waals surface area contributed by atoms with E-state index >= 15 is 0 Å². The molecule has 1 atom stereocenters. The lowest BCUT2D eigenvalue weighted by Gasteiger charge is -2.32. The Morgan fingerprint density at radius 1 is 1.39 bits per heavy atom. The van der Waals surface area contributed by atoms with Gasteiger partial charge in [-0.1, -0.05) is 52.6 Å². The molecule has 0 saturated carbocycles. The van der Waals surface area contributed by atoms with Gasteiger partial charge in [-0.15, -0.1) is 0 Å². The second-order valence-corrected chi connectivity index (χ2v) is 7.25. The van der Waals surface area contributed by atoms with Gasteiger partial charge in [0.1, 0.15) is 5.75 Å². The highest BCUT2D eigenvalue weighted by molar-refractivity contribution is 9.10. The van der Waals surface area contributed by atoms with Crippen LogP contribution < -0.4 is 4.74 Å². The Morgan fingerprint density at radius 2 is 2.11 bits per heavy atom. The third-order valence-electron chi connectivity index (χ3n) is 4.12. The zero-order valence-corrected chi connectivity index (χ0v) is 14.4. The largest absolute Gasteiger partial charge is 0.493 e. The number of hydrogen-bond donors (Lipinski definition) is 0. The highest BCUT2D eigenvalue weighted by Crippen LogP contribution is 2.40. The minimum absolute atomic E-state index is 0.264. The van der Waals surface area contributed by atoms with Crippen molar-refractivity contribution >= 4 is 31.9 Å². The molecular formula is C15H20Br2O. The molecule has 0 N–H and O–H groups in total. The van der Waals surface area contributed by atoms with Crippen LogP contribution in [0.2, 0.25) is 0 Å². The highest BCUT2D eigenvalue weighted by atomic mass is 79.9. The van der Waals surface area contributed by atoms with E-state index in [9.17, 15) is 0 Å². The van der Waals surface area contributed by atoms with Gasteiger partial charge in [0.25, 0.3) is 0 Å². The molecular weight excluding hydrogens is 356 g/mol. The van der Waals surface area contributed by atoms with Gasteiger partial charge >= 0.3 is 0 Å². The van der Waals surface area contributed by atoms with Gasteiger partial charge < -0.3 is 4.74 Å². The molecule has 2 rings (SSSR count). The third-order valence-corrected chi connectivity index (χ3v) is 5.86. The van der Waals surface area contributed by atoms with Crippen molar-refractivity contribution in [2.45, 2.75) is 33.6 Å². The summed E-state index contributed by atoms with van der Waals surface area (Å²) < 4.78 is 6.99. The first-order chi connectivity index (χ1) is 8.46. The molecule has 1 nitrogen and oxygen atoms in total. The normalized spacial score (nSPS) is 17.4. The van der Waals surface area contributed by atoms with Gasteiger partial charge in [-0.05, 0) is 41.0 Å². The second kappa shape index (κ2) is 5.54. The maximum atomic E-state index is 5.82. The van der Waals surface area contributed by atoms with E-state index in [1.165, 1.54) is 15.6 Å². The van der Waals surface area contributed by atoms with Crippen LogP contribution in [0.3, 0.4) is 0 Å². The maximum absolute atomic E-state index is 5.82. The SMILES string of the molecule is CC(C)C(C)(CBr)Cc1cc(Br)cc2c1OCC2. The Bertz CT molecular complexity index is 442. The molecule has 3 heteroatoms. The summed E-state index contributed by atoms with van der Waals surface area (Å²) in [6, 6.07) is 4.40. The number of ether oxygens (including phenoxy) is 1. The van der Waals surface area contributed by atoms with Crippen molar-refractivity contribution in [1.29, 1.82) is 0 Å². The van der Waals surface area contributed by atoms with Gasteiger partial charge in [0.05, 0.1) is 6.61 Å². The van der Waals surface area contributed by atoms with Gasteiger partial charge in [-0.25, -0.2) is 0 Å². The molecule has 1 heterocycles. The minimum Gasteiger partial charge on any atom is -0.493 e. The number of halogens is 2. The molecule has 0 spiro atoms. The molecule has 18 heavy (non-hydrogen) atoms. The van der Waals surface area contributed by atoms with Crippen LogP contribution in [-0.2, 0) is 12.8 Å². The zero-order valence-electron chi connectivity index (χ0n) is 11.2. The van der Waals surface area contributed by atoms with E-state index in [-0.39, 0.29) is 5.41 Å². The second-order valence-electron chi connectivity index (χ2n) is 5.77. The molecule has 1 aliphatic heterocycles. The van der Waals surface area contributed by atoms with Crippen LogP contribution in [0.5, 0.6) is 5.75 Å². The molecule has 0 aliphatic carbocycles. The smallest absolute Gasteiger partial charge is 0.125 e. The summed E-state index contributed by atoms with van der Waals surface area (Å²) in [4.78, 5) is 0. The van der Waals surface area contributed by atoms with Crippen LogP contribution in [0.25, 0.3) is 0 Å². The summed E-state index contributed by atoms with van der Waals surface area (Å²) in [5.74, 6) is 1.76. The molecule has 100 valence electrons. The molecule has 0 amide bonds. The molecule has 0 aromatic heterocycles. The predicted molar refractivity (Wildman–Crippen MR) is 83.8 cm³/mol. The van der Waals surface area contributed by atoms with Crippen LogP contribution in [0.4, 0.5) is 0 Å². The van der Waals surface area contributed by atoms with Crippen molar-refractivity contribution < 1.29 is 4.74 Å². The fourth-order valence-corrected chi connectivity index (χ4v) is 3.72. The Kier molecular flexibility index (Phi) is 4.43. The number of alkyl halides is 1. The zero-order chi connectivity index (χ0) is 13.3. The van der Waals surface area contributed by atoms with Crippen molar-refractivity contribution in [3.8, 4) is 5.75 Å². The molecule has 1 aromatic carbocycles. The van der Waals surface area contributed by atoms with E-state index in [0.717, 1.165) is 30.5 Å². The van der Waals surface area contributed by atoms with Gasteiger partial charge in [-0.2, -0.15) is 0 Å². The fraction of sp³-hybridized carbons (Fsp3) is 0.600. The Balaban J connectivity index is 2.35. The van der Waals surface area contributed by atoms with Gasteiger partial charge in [-0.3, -0.25) is 0 Å². The lowest BCUT2D eigenvalue weighted by molar-refractivity contribution is 0.253. The van der Waals surface area contributed by atoms with Crippen LogP contribution in [0.1, 0.15) is 31.9 Å². The quantitative estimate of drug-likeness (QED) is 0.674. The first-order valence-electron chi connectivity index (χ1n) is 6.46. The first-order valence-corrected chi connectivity index (χ1v) is 8.38. The van der Waals surface area contributed by atoms with Gasteiger partial charge in [0.2, 0.25) is 0 Å². The summed E-state index contributed by atoms with van der Waals surface area (Å²) in [5.41, 5.74) is 2.95. The lowest BCUT2D eigenvalue weighted by atomic mass is 9.76. The average molecular weight is 376 g/mol. The van der Waals surface area contributed by atoms with E-state index in [1.807, 2.05) is 0 Å². The summed E-state index contributed by atoms with van der Waals surface area (Å²) in [7, 11) is 0. The fourth-order valence-electron chi connectivity index (χ4n) is 2.32. The van der Waals surface area contributed by atoms with Crippen molar-refractivity contribution in [2.75, 3.05) is 11.9 Å². The Morgan fingerprint density at radius 3 is 2.72 bits per heavy atom. The van der Waals surface area contributed by atoms with Gasteiger partial charge in [0, 0.05) is 16.2 Å². The molecule has 1 aliphatic rings. The van der Waals surface area contributed by atoms with Crippen LogP contribution in [0, 0.1) is 11.3 Å². The van der Waals surface area contributed by atoms with Crippen LogP contribution >= 0.6 is 31.9 Å². The van der Waals surface area contributed by atoms with Crippen molar-refractivity contribution in [3.63, 3.8) is 0 Å². The van der Waals surface area contributed by atoms with Crippen molar-refractivity contribution in [1.82, 2.24) is 0 Å². The topological polar surface area (TPSA) is 9.23 Å². The number of benzene rings is 1. The highest BCUT2D eigenvalue weighted by Gasteiger charge is 2.30. The summed E-state index contributed by atoms with van der Waals surface area (Å²) in [5, 5.41) is 1.01. The van der Waals surface area contributed by atoms with E-state index < -0.39 is 0 Å².